The first kappa shape index (κ1) is 18.7. The summed E-state index contributed by atoms with van der Waals surface area (Å²) in [6, 6.07) is 6.83. The number of aryl methyl sites for hydroxylation is 1. The summed E-state index contributed by atoms with van der Waals surface area (Å²) in [5, 5.41) is 9.34. The number of allylic oxidation sites excluding steroid dienone is 1. The van der Waals surface area contributed by atoms with Gasteiger partial charge in [0.15, 0.2) is 0 Å². The summed E-state index contributed by atoms with van der Waals surface area (Å²) < 4.78 is 14.4. The van der Waals surface area contributed by atoms with E-state index in [1.165, 1.54) is 23.4 Å². The minimum Gasteiger partial charge on any atom is -0.368 e. The predicted molar refractivity (Wildman–Crippen MR) is 105 cm³/mol. The molecule has 1 aliphatic heterocycles. The molecule has 2 N–H and O–H groups in total. The van der Waals surface area contributed by atoms with Gasteiger partial charge < -0.3 is 5.73 Å². The molecule has 0 saturated heterocycles. The van der Waals surface area contributed by atoms with Gasteiger partial charge in [-0.1, -0.05) is 0 Å². The number of nitriles is 1. The van der Waals surface area contributed by atoms with Gasteiger partial charge in [0.05, 0.1) is 17.8 Å². The molecule has 0 atom stereocenters. The number of aromatic nitrogens is 2. The van der Waals surface area contributed by atoms with E-state index in [-0.39, 0.29) is 11.5 Å². The van der Waals surface area contributed by atoms with Crippen LogP contribution < -0.4 is 5.73 Å². The first-order valence-corrected chi connectivity index (χ1v) is 9.01. The van der Waals surface area contributed by atoms with Crippen molar-refractivity contribution in [1.82, 2.24) is 9.97 Å². The second-order valence-corrected chi connectivity index (χ2v) is 6.77. The highest BCUT2D eigenvalue weighted by molar-refractivity contribution is 6.00. The number of nitrogens with two attached hydrogens (primary N) is 1. The van der Waals surface area contributed by atoms with E-state index in [2.05, 4.69) is 21.9 Å². The van der Waals surface area contributed by atoms with E-state index in [4.69, 9.17) is 5.73 Å². The molecule has 138 valence electrons. The zero-order valence-corrected chi connectivity index (χ0v) is 15.6. The van der Waals surface area contributed by atoms with Gasteiger partial charge in [-0.05, 0) is 74.4 Å². The highest BCUT2D eigenvalue weighted by Gasteiger charge is 2.14. The lowest BCUT2D eigenvalue weighted by Crippen LogP contribution is -2.00. The van der Waals surface area contributed by atoms with Crippen LogP contribution in [0.15, 0.2) is 40.5 Å². The Morgan fingerprint density at radius 1 is 1.22 bits per heavy atom. The molecule has 5 nitrogen and oxygen atoms in total. The molecule has 0 radical (unpaired) electrons. The Morgan fingerprint density at radius 2 is 2.00 bits per heavy atom. The minimum absolute atomic E-state index is 0.106. The Morgan fingerprint density at radius 3 is 2.67 bits per heavy atom. The van der Waals surface area contributed by atoms with Crippen LogP contribution >= 0.6 is 0 Å². The van der Waals surface area contributed by atoms with E-state index in [1.54, 1.807) is 6.07 Å². The third-order valence-corrected chi connectivity index (χ3v) is 4.88. The standard InChI is InChI=1S/C21H22FN5/c1-13-12-26-14(2)17(13)6-4-3-5-15-9-16(10-19(22)18(15)11-23)20-7-8-25-21(24)27-20/h7-10H,3-6,12H2,1-2H3,(H2,24,25,27). The molecule has 0 saturated carbocycles. The van der Waals surface area contributed by atoms with Crippen molar-refractivity contribution < 1.29 is 4.39 Å². The highest BCUT2D eigenvalue weighted by Crippen LogP contribution is 2.26. The maximum Gasteiger partial charge on any atom is 0.220 e. The smallest absolute Gasteiger partial charge is 0.220 e. The number of benzene rings is 1. The summed E-state index contributed by atoms with van der Waals surface area (Å²) in [6.07, 6.45) is 4.98. The third-order valence-electron chi connectivity index (χ3n) is 4.88. The molecule has 0 unspecified atom stereocenters. The molecule has 1 aromatic carbocycles. The minimum atomic E-state index is -0.528. The Hall–Kier alpha value is -3.07. The number of nitrogens with zero attached hydrogens (tertiary/aromatic N) is 4. The molecule has 1 aliphatic rings. The molecule has 0 spiro atoms. The Balaban J connectivity index is 1.75. The van der Waals surface area contributed by atoms with Crippen molar-refractivity contribution in [2.75, 3.05) is 12.3 Å². The van der Waals surface area contributed by atoms with Crippen LogP contribution in [0.2, 0.25) is 0 Å². The topological polar surface area (TPSA) is 87.9 Å². The van der Waals surface area contributed by atoms with Crippen LogP contribution in [-0.4, -0.2) is 22.2 Å². The molecular formula is C21H22FN5. The van der Waals surface area contributed by atoms with Gasteiger partial charge in [0.25, 0.3) is 0 Å². The Labute approximate surface area is 158 Å². The molecule has 6 heteroatoms. The molecule has 2 heterocycles. The van der Waals surface area contributed by atoms with Crippen LogP contribution in [0.3, 0.4) is 0 Å². The number of hydrogen-bond donors (Lipinski definition) is 1. The van der Waals surface area contributed by atoms with Crippen LogP contribution in [0.5, 0.6) is 0 Å². The normalized spacial score (nSPS) is 13.6. The number of halogens is 1. The van der Waals surface area contributed by atoms with Gasteiger partial charge in [-0.25, -0.2) is 14.4 Å². The van der Waals surface area contributed by atoms with Crippen LogP contribution in [-0.2, 0) is 6.42 Å². The second-order valence-electron chi connectivity index (χ2n) is 6.77. The lowest BCUT2D eigenvalue weighted by Gasteiger charge is -2.10. The number of anilines is 1. The maximum absolute atomic E-state index is 14.4. The first-order valence-electron chi connectivity index (χ1n) is 9.01. The van der Waals surface area contributed by atoms with Crippen LogP contribution in [0, 0.1) is 17.1 Å². The fourth-order valence-electron chi connectivity index (χ4n) is 3.42. The Bertz CT molecular complexity index is 969. The van der Waals surface area contributed by atoms with Gasteiger partial charge in [0.1, 0.15) is 11.9 Å². The summed E-state index contributed by atoms with van der Waals surface area (Å²) in [4.78, 5) is 12.5. The monoisotopic (exact) mass is 363 g/mol. The highest BCUT2D eigenvalue weighted by atomic mass is 19.1. The molecule has 0 bridgehead atoms. The zero-order valence-electron chi connectivity index (χ0n) is 15.6. The van der Waals surface area contributed by atoms with Gasteiger partial charge >= 0.3 is 0 Å². The molecule has 1 aromatic heterocycles. The number of unbranched alkanes of at least 4 members (excludes halogenated alkanes) is 1. The second kappa shape index (κ2) is 8.09. The fraction of sp³-hybridized carbons (Fsp3) is 0.333. The van der Waals surface area contributed by atoms with Crippen molar-refractivity contribution in [3.05, 3.63) is 52.5 Å². The van der Waals surface area contributed by atoms with Gasteiger partial charge in [-0.15, -0.1) is 0 Å². The van der Waals surface area contributed by atoms with Gasteiger partial charge in [-0.2, -0.15) is 5.26 Å². The number of aliphatic imine (C=N–C) groups is 1. The van der Waals surface area contributed by atoms with E-state index in [9.17, 15) is 9.65 Å². The van der Waals surface area contributed by atoms with Crippen LogP contribution in [0.1, 0.15) is 44.2 Å². The van der Waals surface area contributed by atoms with Crippen molar-refractivity contribution in [3.63, 3.8) is 0 Å². The zero-order chi connectivity index (χ0) is 19.4. The summed E-state index contributed by atoms with van der Waals surface area (Å²) in [7, 11) is 0. The van der Waals surface area contributed by atoms with Crippen molar-refractivity contribution >= 4 is 11.7 Å². The molecular weight excluding hydrogens is 341 g/mol. The van der Waals surface area contributed by atoms with Gasteiger partial charge in [0.2, 0.25) is 5.95 Å². The van der Waals surface area contributed by atoms with Gasteiger partial charge in [0, 0.05) is 17.5 Å². The van der Waals surface area contributed by atoms with Crippen LogP contribution in [0.4, 0.5) is 10.3 Å². The number of rotatable bonds is 6. The van der Waals surface area contributed by atoms with Crippen molar-refractivity contribution in [3.8, 4) is 17.3 Å². The number of hydrogen-bond acceptors (Lipinski definition) is 5. The maximum atomic E-state index is 14.4. The quantitative estimate of drug-likeness (QED) is 0.778. The van der Waals surface area contributed by atoms with E-state index in [0.29, 0.717) is 23.2 Å². The molecule has 0 aliphatic carbocycles. The lowest BCUT2D eigenvalue weighted by atomic mass is 9.95. The third kappa shape index (κ3) is 4.20. The van der Waals surface area contributed by atoms with Crippen LogP contribution in [0.25, 0.3) is 11.3 Å². The fourth-order valence-corrected chi connectivity index (χ4v) is 3.42. The average Bonchev–Trinajstić information content (AvgIpc) is 2.96. The van der Waals surface area contributed by atoms with Gasteiger partial charge in [-0.3, -0.25) is 4.99 Å². The van der Waals surface area contributed by atoms with Crippen molar-refractivity contribution in [1.29, 1.82) is 5.26 Å². The number of nitrogen functional groups attached to an aromatic ring is 1. The molecule has 0 fully saturated rings. The first-order chi connectivity index (χ1) is 13.0. The summed E-state index contributed by atoms with van der Waals surface area (Å²) >= 11 is 0. The summed E-state index contributed by atoms with van der Waals surface area (Å²) in [5.74, 6) is -0.393. The van der Waals surface area contributed by atoms with E-state index in [0.717, 1.165) is 31.5 Å². The molecule has 0 amide bonds. The SMILES string of the molecule is CC1=NCC(C)=C1CCCCc1cc(-c2ccnc(N)n2)cc(F)c1C#N. The van der Waals surface area contributed by atoms with Crippen molar-refractivity contribution in [2.24, 2.45) is 4.99 Å². The lowest BCUT2D eigenvalue weighted by molar-refractivity contribution is 0.619. The summed E-state index contributed by atoms with van der Waals surface area (Å²) in [6.45, 7) is 4.97. The van der Waals surface area contributed by atoms with E-state index in [1.807, 2.05) is 19.1 Å². The van der Waals surface area contributed by atoms with E-state index < -0.39 is 5.82 Å². The summed E-state index contributed by atoms with van der Waals surface area (Å²) in [5.41, 5.74) is 11.4. The molecule has 3 rings (SSSR count). The largest absolute Gasteiger partial charge is 0.368 e. The van der Waals surface area contributed by atoms with E-state index >= 15 is 0 Å². The molecule has 2 aromatic rings. The van der Waals surface area contributed by atoms with Crippen molar-refractivity contribution in [2.45, 2.75) is 39.5 Å². The Kier molecular flexibility index (Phi) is 5.60. The average molecular weight is 363 g/mol. The molecule has 27 heavy (non-hydrogen) atoms. The predicted octanol–water partition coefficient (Wildman–Crippen LogP) is 4.24.